The SMILES string of the molecule is CNc1[nH]ncc1-c1ccccc1.Cl. The van der Waals surface area contributed by atoms with Gasteiger partial charge in [0.2, 0.25) is 0 Å². The average Bonchev–Trinajstić information content (AvgIpc) is 2.67. The summed E-state index contributed by atoms with van der Waals surface area (Å²) in [5.41, 5.74) is 2.27. The Morgan fingerprint density at radius 3 is 2.57 bits per heavy atom. The van der Waals surface area contributed by atoms with Crippen LogP contribution in [0, 0.1) is 0 Å². The Hall–Kier alpha value is -1.48. The van der Waals surface area contributed by atoms with Gasteiger partial charge in [-0.1, -0.05) is 30.3 Å². The second kappa shape index (κ2) is 4.67. The summed E-state index contributed by atoms with van der Waals surface area (Å²) in [5, 5.41) is 9.93. The predicted molar refractivity (Wildman–Crippen MR) is 60.8 cm³/mol. The largest absolute Gasteiger partial charge is 0.373 e. The molecular weight excluding hydrogens is 198 g/mol. The molecule has 0 unspecified atom stereocenters. The molecule has 0 saturated heterocycles. The number of hydrogen-bond acceptors (Lipinski definition) is 2. The third-order valence-electron chi connectivity index (χ3n) is 1.97. The summed E-state index contributed by atoms with van der Waals surface area (Å²) in [4.78, 5) is 0. The van der Waals surface area contributed by atoms with Crippen molar-refractivity contribution in [2.24, 2.45) is 0 Å². The summed E-state index contributed by atoms with van der Waals surface area (Å²) in [6, 6.07) is 10.2. The van der Waals surface area contributed by atoms with Gasteiger partial charge in [0.05, 0.1) is 6.20 Å². The molecule has 0 aliphatic heterocycles. The van der Waals surface area contributed by atoms with Crippen LogP contribution in [0.4, 0.5) is 5.82 Å². The number of benzene rings is 1. The highest BCUT2D eigenvalue weighted by molar-refractivity contribution is 5.85. The highest BCUT2D eigenvalue weighted by Gasteiger charge is 2.03. The van der Waals surface area contributed by atoms with E-state index in [0.29, 0.717) is 0 Å². The number of hydrogen-bond donors (Lipinski definition) is 2. The van der Waals surface area contributed by atoms with Gasteiger partial charge in [-0.15, -0.1) is 12.4 Å². The zero-order chi connectivity index (χ0) is 9.10. The molecule has 0 radical (unpaired) electrons. The van der Waals surface area contributed by atoms with Crippen LogP contribution < -0.4 is 5.32 Å². The van der Waals surface area contributed by atoms with E-state index in [-0.39, 0.29) is 12.4 Å². The quantitative estimate of drug-likeness (QED) is 0.798. The van der Waals surface area contributed by atoms with Gasteiger partial charge in [-0.3, -0.25) is 5.10 Å². The van der Waals surface area contributed by atoms with Crippen molar-refractivity contribution in [2.75, 3.05) is 12.4 Å². The van der Waals surface area contributed by atoms with Crippen molar-refractivity contribution < 1.29 is 0 Å². The number of nitrogens with one attached hydrogen (secondary N) is 2. The van der Waals surface area contributed by atoms with E-state index in [9.17, 15) is 0 Å². The maximum absolute atomic E-state index is 3.98. The smallest absolute Gasteiger partial charge is 0.129 e. The predicted octanol–water partition coefficient (Wildman–Crippen LogP) is 2.54. The molecule has 2 N–H and O–H groups in total. The van der Waals surface area contributed by atoms with E-state index in [1.165, 1.54) is 5.56 Å². The molecule has 2 aromatic rings. The fourth-order valence-corrected chi connectivity index (χ4v) is 1.31. The number of aromatic nitrogens is 2. The molecule has 0 atom stereocenters. The zero-order valence-corrected chi connectivity index (χ0v) is 8.64. The van der Waals surface area contributed by atoms with E-state index in [1.54, 1.807) is 0 Å². The van der Waals surface area contributed by atoms with Crippen LogP contribution in [0.3, 0.4) is 0 Å². The lowest BCUT2D eigenvalue weighted by Gasteiger charge is -2.00. The Morgan fingerprint density at radius 2 is 1.93 bits per heavy atom. The van der Waals surface area contributed by atoms with Crippen molar-refractivity contribution in [1.29, 1.82) is 0 Å². The Bertz CT molecular complexity index is 383. The molecule has 0 amide bonds. The number of halogens is 1. The summed E-state index contributed by atoms with van der Waals surface area (Å²) in [7, 11) is 1.87. The van der Waals surface area contributed by atoms with Gasteiger partial charge in [0.25, 0.3) is 0 Å². The van der Waals surface area contributed by atoms with Gasteiger partial charge in [-0.25, -0.2) is 0 Å². The fourth-order valence-electron chi connectivity index (χ4n) is 1.31. The zero-order valence-electron chi connectivity index (χ0n) is 7.82. The molecule has 0 spiro atoms. The maximum atomic E-state index is 3.98. The molecule has 0 aliphatic carbocycles. The van der Waals surface area contributed by atoms with Crippen LogP contribution >= 0.6 is 12.4 Å². The van der Waals surface area contributed by atoms with Crippen molar-refractivity contribution in [1.82, 2.24) is 10.2 Å². The number of rotatable bonds is 2. The topological polar surface area (TPSA) is 40.7 Å². The molecule has 14 heavy (non-hydrogen) atoms. The Labute approximate surface area is 89.0 Å². The van der Waals surface area contributed by atoms with Crippen LogP contribution in [-0.2, 0) is 0 Å². The lowest BCUT2D eigenvalue weighted by atomic mass is 10.1. The number of H-pyrrole nitrogens is 1. The summed E-state index contributed by atoms with van der Waals surface area (Å²) in [5.74, 6) is 0.950. The summed E-state index contributed by atoms with van der Waals surface area (Å²) >= 11 is 0. The third kappa shape index (κ3) is 1.88. The van der Waals surface area contributed by atoms with Gasteiger partial charge in [0.1, 0.15) is 5.82 Å². The Balaban J connectivity index is 0.000000980. The maximum Gasteiger partial charge on any atom is 0.129 e. The van der Waals surface area contributed by atoms with E-state index in [4.69, 9.17) is 0 Å². The van der Waals surface area contributed by atoms with Gasteiger partial charge in [0, 0.05) is 12.6 Å². The molecule has 0 bridgehead atoms. The monoisotopic (exact) mass is 209 g/mol. The number of nitrogens with zero attached hydrogens (tertiary/aromatic N) is 1. The molecule has 74 valence electrons. The van der Waals surface area contributed by atoms with E-state index in [2.05, 4.69) is 27.6 Å². The molecule has 0 fully saturated rings. The molecular formula is C10H12ClN3. The lowest BCUT2D eigenvalue weighted by Crippen LogP contribution is -1.89. The fraction of sp³-hybridized carbons (Fsp3) is 0.100. The minimum absolute atomic E-state index is 0. The van der Waals surface area contributed by atoms with Gasteiger partial charge in [0.15, 0.2) is 0 Å². The van der Waals surface area contributed by atoms with Crippen LogP contribution in [0.2, 0.25) is 0 Å². The van der Waals surface area contributed by atoms with Crippen LogP contribution in [0.5, 0.6) is 0 Å². The second-order valence-electron chi connectivity index (χ2n) is 2.77. The highest BCUT2D eigenvalue weighted by Crippen LogP contribution is 2.24. The van der Waals surface area contributed by atoms with Crippen molar-refractivity contribution in [3.8, 4) is 11.1 Å². The molecule has 3 nitrogen and oxygen atoms in total. The normalized spacial score (nSPS) is 9.21. The van der Waals surface area contributed by atoms with E-state index < -0.39 is 0 Å². The van der Waals surface area contributed by atoms with Crippen molar-refractivity contribution in [3.05, 3.63) is 36.5 Å². The van der Waals surface area contributed by atoms with Gasteiger partial charge >= 0.3 is 0 Å². The molecule has 0 aliphatic rings. The average molecular weight is 210 g/mol. The van der Waals surface area contributed by atoms with E-state index in [0.717, 1.165) is 11.4 Å². The lowest BCUT2D eigenvalue weighted by molar-refractivity contribution is 1.09. The van der Waals surface area contributed by atoms with Crippen LogP contribution in [0.15, 0.2) is 36.5 Å². The molecule has 1 aromatic carbocycles. The second-order valence-corrected chi connectivity index (χ2v) is 2.77. The van der Waals surface area contributed by atoms with Crippen LogP contribution in [0.25, 0.3) is 11.1 Å². The number of aromatic amines is 1. The minimum atomic E-state index is 0. The third-order valence-corrected chi connectivity index (χ3v) is 1.97. The Morgan fingerprint density at radius 1 is 1.21 bits per heavy atom. The van der Waals surface area contributed by atoms with Gasteiger partial charge in [-0.05, 0) is 5.56 Å². The van der Waals surface area contributed by atoms with Crippen LogP contribution in [0.1, 0.15) is 0 Å². The summed E-state index contributed by atoms with van der Waals surface area (Å²) in [6.45, 7) is 0. The van der Waals surface area contributed by atoms with Crippen LogP contribution in [-0.4, -0.2) is 17.2 Å². The first kappa shape index (κ1) is 10.6. The number of anilines is 1. The van der Waals surface area contributed by atoms with E-state index in [1.807, 2.05) is 31.4 Å². The highest BCUT2D eigenvalue weighted by atomic mass is 35.5. The molecule has 4 heteroatoms. The first-order valence-electron chi connectivity index (χ1n) is 4.18. The minimum Gasteiger partial charge on any atom is -0.373 e. The first-order chi connectivity index (χ1) is 6.42. The van der Waals surface area contributed by atoms with Crippen molar-refractivity contribution in [3.63, 3.8) is 0 Å². The molecule has 2 rings (SSSR count). The van der Waals surface area contributed by atoms with Crippen molar-refractivity contribution >= 4 is 18.2 Å². The Kier molecular flexibility index (Phi) is 3.54. The molecule has 1 aromatic heterocycles. The van der Waals surface area contributed by atoms with E-state index >= 15 is 0 Å². The molecule has 0 saturated carbocycles. The van der Waals surface area contributed by atoms with Gasteiger partial charge in [-0.2, -0.15) is 5.10 Å². The molecule has 1 heterocycles. The van der Waals surface area contributed by atoms with Gasteiger partial charge < -0.3 is 5.32 Å². The standard InChI is InChI=1S/C10H11N3.ClH/c1-11-10-9(7-12-13-10)8-5-3-2-4-6-8;/h2-7H,1H3,(H2,11,12,13);1H. The first-order valence-corrected chi connectivity index (χ1v) is 4.18. The van der Waals surface area contributed by atoms with Crippen molar-refractivity contribution in [2.45, 2.75) is 0 Å². The summed E-state index contributed by atoms with van der Waals surface area (Å²) < 4.78 is 0. The summed E-state index contributed by atoms with van der Waals surface area (Å²) in [6.07, 6.45) is 1.82.